The van der Waals surface area contributed by atoms with Crippen LogP contribution >= 0.6 is 0 Å². The fourth-order valence-corrected chi connectivity index (χ4v) is 1.16. The van der Waals surface area contributed by atoms with Crippen LogP contribution in [0.5, 0.6) is 0 Å². The molecule has 0 aromatic carbocycles. The van der Waals surface area contributed by atoms with Crippen LogP contribution in [0.3, 0.4) is 0 Å². The number of ether oxygens (including phenoxy) is 2. The van der Waals surface area contributed by atoms with Crippen molar-refractivity contribution in [3.8, 4) is 0 Å². The number of hydrogen-bond acceptors (Lipinski definition) is 6. The van der Waals surface area contributed by atoms with E-state index in [9.17, 15) is 10.2 Å². The Bertz CT molecular complexity index is 173. The van der Waals surface area contributed by atoms with E-state index in [1.54, 1.807) is 0 Å². The Balaban J connectivity index is 2.39. The Hall–Kier alpha value is -0.240. The molecule has 0 saturated carbocycles. The van der Waals surface area contributed by atoms with Crippen molar-refractivity contribution < 1.29 is 29.9 Å². The molecular weight excluding hydrogens is 192 g/mol. The molecule has 1 rings (SSSR count). The maximum Gasteiger partial charge on any atom is 0.186 e. The first-order chi connectivity index (χ1) is 6.52. The van der Waals surface area contributed by atoms with Crippen LogP contribution in [0.2, 0.25) is 0 Å². The zero-order chi connectivity index (χ0) is 10.7. The van der Waals surface area contributed by atoms with Gasteiger partial charge in [-0.1, -0.05) is 0 Å². The lowest BCUT2D eigenvalue weighted by molar-refractivity contribution is -0.273. The number of rotatable bonds is 3. The van der Waals surface area contributed by atoms with Crippen LogP contribution in [-0.2, 0) is 9.47 Å². The van der Waals surface area contributed by atoms with E-state index in [0.29, 0.717) is 0 Å². The van der Waals surface area contributed by atoms with Gasteiger partial charge in [-0.25, -0.2) is 0 Å². The third kappa shape index (κ3) is 2.88. The van der Waals surface area contributed by atoms with Gasteiger partial charge < -0.3 is 29.9 Å². The van der Waals surface area contributed by atoms with E-state index in [2.05, 4.69) is 0 Å². The lowest BCUT2D eigenvalue weighted by Gasteiger charge is -2.35. The van der Waals surface area contributed by atoms with Crippen LogP contribution in [0.15, 0.2) is 0 Å². The van der Waals surface area contributed by atoms with E-state index >= 15 is 0 Å². The quantitative estimate of drug-likeness (QED) is 0.421. The molecule has 1 heterocycles. The van der Waals surface area contributed by atoms with Crippen molar-refractivity contribution in [2.75, 3.05) is 13.2 Å². The summed E-state index contributed by atoms with van der Waals surface area (Å²) >= 11 is 0. The molecule has 0 aliphatic carbocycles. The van der Waals surface area contributed by atoms with Gasteiger partial charge in [-0.3, -0.25) is 0 Å². The molecule has 5 atom stereocenters. The van der Waals surface area contributed by atoms with Crippen LogP contribution in [0.25, 0.3) is 0 Å². The Morgan fingerprint density at radius 1 is 1.36 bits per heavy atom. The fourth-order valence-electron chi connectivity index (χ4n) is 1.16. The number of aliphatic hydroxyl groups is 4. The molecule has 1 saturated heterocycles. The molecule has 1 aliphatic rings. The molecular formula is C8H16O6. The van der Waals surface area contributed by atoms with Crippen LogP contribution < -0.4 is 0 Å². The van der Waals surface area contributed by atoms with E-state index in [1.807, 2.05) is 0 Å². The smallest absolute Gasteiger partial charge is 0.186 e. The highest BCUT2D eigenvalue weighted by Gasteiger charge is 2.38. The van der Waals surface area contributed by atoms with Crippen molar-refractivity contribution in [3.05, 3.63) is 0 Å². The zero-order valence-electron chi connectivity index (χ0n) is 7.91. The van der Waals surface area contributed by atoms with E-state index in [1.165, 1.54) is 6.92 Å². The van der Waals surface area contributed by atoms with Crippen molar-refractivity contribution in [1.29, 1.82) is 0 Å². The Labute approximate surface area is 81.7 Å². The van der Waals surface area contributed by atoms with Crippen LogP contribution in [0, 0.1) is 0 Å². The predicted molar refractivity (Wildman–Crippen MR) is 45.4 cm³/mol. The summed E-state index contributed by atoms with van der Waals surface area (Å²) in [5.41, 5.74) is 0. The van der Waals surface area contributed by atoms with Crippen molar-refractivity contribution in [2.45, 2.75) is 37.6 Å². The van der Waals surface area contributed by atoms with E-state index < -0.39 is 30.7 Å². The van der Waals surface area contributed by atoms with Gasteiger partial charge in [0.05, 0.1) is 19.3 Å². The van der Waals surface area contributed by atoms with Gasteiger partial charge in [0, 0.05) is 0 Å². The van der Waals surface area contributed by atoms with Gasteiger partial charge in [0.25, 0.3) is 0 Å². The van der Waals surface area contributed by atoms with Gasteiger partial charge in [0.2, 0.25) is 0 Å². The monoisotopic (exact) mass is 208 g/mol. The van der Waals surface area contributed by atoms with Crippen LogP contribution in [-0.4, -0.2) is 64.3 Å². The normalized spacial score (nSPS) is 40.9. The zero-order valence-corrected chi connectivity index (χ0v) is 7.91. The summed E-state index contributed by atoms with van der Waals surface area (Å²) in [5.74, 6) is 0. The average molecular weight is 208 g/mol. The number of hydrogen-bond donors (Lipinski definition) is 4. The summed E-state index contributed by atoms with van der Waals surface area (Å²) in [6, 6.07) is 0. The molecule has 14 heavy (non-hydrogen) atoms. The summed E-state index contributed by atoms with van der Waals surface area (Å²) in [5, 5.41) is 36.7. The third-order valence-electron chi connectivity index (χ3n) is 1.96. The van der Waals surface area contributed by atoms with E-state index in [0.717, 1.165) is 0 Å². The predicted octanol–water partition coefficient (Wildman–Crippen LogP) is -2.18. The van der Waals surface area contributed by atoms with Gasteiger partial charge in [0.15, 0.2) is 6.29 Å². The molecule has 5 unspecified atom stereocenters. The molecule has 6 nitrogen and oxygen atoms in total. The largest absolute Gasteiger partial charge is 0.391 e. The summed E-state index contributed by atoms with van der Waals surface area (Å²) in [6.45, 7) is 1.44. The van der Waals surface area contributed by atoms with Gasteiger partial charge in [-0.05, 0) is 6.92 Å². The molecule has 0 amide bonds. The molecule has 84 valence electrons. The minimum atomic E-state index is -1.29. The third-order valence-corrected chi connectivity index (χ3v) is 1.96. The fraction of sp³-hybridized carbons (Fsp3) is 1.00. The lowest BCUT2D eigenvalue weighted by Crippen LogP contribution is -2.54. The second-order valence-corrected chi connectivity index (χ2v) is 3.43. The van der Waals surface area contributed by atoms with Crippen LogP contribution in [0.4, 0.5) is 0 Å². The SMILES string of the molecule is CC(O)COC1OCC(O)C(O)C1O. The Kier molecular flexibility index (Phi) is 4.24. The highest BCUT2D eigenvalue weighted by Crippen LogP contribution is 2.16. The second-order valence-electron chi connectivity index (χ2n) is 3.43. The Morgan fingerprint density at radius 3 is 2.57 bits per heavy atom. The molecule has 0 radical (unpaired) electrons. The summed E-state index contributed by atoms with van der Waals surface area (Å²) in [6.07, 6.45) is -5.34. The highest BCUT2D eigenvalue weighted by molar-refractivity contribution is 4.82. The van der Waals surface area contributed by atoms with Gasteiger partial charge >= 0.3 is 0 Å². The van der Waals surface area contributed by atoms with Crippen molar-refractivity contribution in [2.24, 2.45) is 0 Å². The van der Waals surface area contributed by atoms with Gasteiger partial charge in [-0.15, -0.1) is 0 Å². The number of aliphatic hydroxyl groups excluding tert-OH is 4. The minimum Gasteiger partial charge on any atom is -0.391 e. The summed E-state index contributed by atoms with van der Waals surface area (Å²) in [7, 11) is 0. The first-order valence-corrected chi connectivity index (χ1v) is 4.48. The van der Waals surface area contributed by atoms with E-state index in [-0.39, 0.29) is 13.2 Å². The van der Waals surface area contributed by atoms with Crippen LogP contribution in [0.1, 0.15) is 6.92 Å². The molecule has 0 aromatic heterocycles. The molecule has 4 N–H and O–H groups in total. The Morgan fingerprint density at radius 2 is 2.00 bits per heavy atom. The standard InChI is InChI=1S/C8H16O6/c1-4(9)2-13-8-7(12)6(11)5(10)3-14-8/h4-12H,2-3H2,1H3. The maximum atomic E-state index is 9.38. The van der Waals surface area contributed by atoms with E-state index in [4.69, 9.17) is 19.7 Å². The maximum absolute atomic E-state index is 9.38. The highest BCUT2D eigenvalue weighted by atomic mass is 16.7. The summed E-state index contributed by atoms with van der Waals surface area (Å²) in [4.78, 5) is 0. The minimum absolute atomic E-state index is 0.00451. The summed E-state index contributed by atoms with van der Waals surface area (Å²) < 4.78 is 9.91. The van der Waals surface area contributed by atoms with Crippen molar-refractivity contribution in [3.63, 3.8) is 0 Å². The first-order valence-electron chi connectivity index (χ1n) is 4.48. The topological polar surface area (TPSA) is 99.4 Å². The molecule has 6 heteroatoms. The molecule has 0 bridgehead atoms. The lowest BCUT2D eigenvalue weighted by atomic mass is 10.1. The van der Waals surface area contributed by atoms with Gasteiger partial charge in [0.1, 0.15) is 18.3 Å². The van der Waals surface area contributed by atoms with Crippen molar-refractivity contribution >= 4 is 0 Å². The van der Waals surface area contributed by atoms with Gasteiger partial charge in [-0.2, -0.15) is 0 Å². The van der Waals surface area contributed by atoms with Crippen molar-refractivity contribution in [1.82, 2.24) is 0 Å². The molecule has 0 spiro atoms. The average Bonchev–Trinajstić information content (AvgIpc) is 2.13. The molecule has 1 fully saturated rings. The molecule has 0 aromatic rings. The first kappa shape index (κ1) is 11.8. The molecule has 1 aliphatic heterocycles. The second kappa shape index (κ2) is 5.01.